The third-order valence-corrected chi connectivity index (χ3v) is 3.02. The molecule has 0 aliphatic carbocycles. The number of methoxy groups -OCH3 is 1. The van der Waals surface area contributed by atoms with E-state index in [1.54, 1.807) is 12.1 Å². The first-order valence-electron chi connectivity index (χ1n) is 6.09. The van der Waals surface area contributed by atoms with Gasteiger partial charge in [-0.15, -0.1) is 0 Å². The van der Waals surface area contributed by atoms with Crippen LogP contribution in [0.4, 0.5) is 14.9 Å². The maximum absolute atomic E-state index is 13.6. The highest BCUT2D eigenvalue weighted by atomic mass is 19.1. The predicted octanol–water partition coefficient (Wildman–Crippen LogP) is 2.14. The summed E-state index contributed by atoms with van der Waals surface area (Å²) in [6.07, 6.45) is 0.806. The van der Waals surface area contributed by atoms with Crippen LogP contribution in [0.5, 0.6) is 0 Å². The summed E-state index contributed by atoms with van der Waals surface area (Å²) in [4.78, 5) is 12.9. The molecule has 19 heavy (non-hydrogen) atoms. The van der Waals surface area contributed by atoms with Gasteiger partial charge in [-0.1, -0.05) is 12.1 Å². The van der Waals surface area contributed by atoms with Gasteiger partial charge in [-0.2, -0.15) is 5.10 Å². The van der Waals surface area contributed by atoms with Crippen molar-refractivity contribution in [2.75, 3.05) is 25.1 Å². The number of carbonyl (C=O) groups excluding carboxylic acids is 1. The van der Waals surface area contributed by atoms with Crippen LogP contribution in [0.2, 0.25) is 0 Å². The number of hydrazone groups is 1. The van der Waals surface area contributed by atoms with Gasteiger partial charge < -0.3 is 9.64 Å². The van der Waals surface area contributed by atoms with Crippen molar-refractivity contribution in [2.45, 2.75) is 12.8 Å². The van der Waals surface area contributed by atoms with Crippen LogP contribution in [0.25, 0.3) is 0 Å². The third kappa shape index (κ3) is 3.43. The molecule has 1 aromatic rings. The molecule has 5 nitrogen and oxygen atoms in total. The number of halogens is 1. The lowest BCUT2D eigenvalue weighted by Gasteiger charge is -2.29. The van der Waals surface area contributed by atoms with Gasteiger partial charge >= 0.3 is 6.09 Å². The molecule has 1 aromatic carbocycles. The average Bonchev–Trinajstić information content (AvgIpc) is 2.46. The van der Waals surface area contributed by atoms with Gasteiger partial charge in [-0.05, 0) is 12.1 Å². The van der Waals surface area contributed by atoms with Gasteiger partial charge in [-0.25, -0.2) is 14.6 Å². The van der Waals surface area contributed by atoms with E-state index < -0.39 is 6.09 Å². The van der Waals surface area contributed by atoms with Crippen LogP contribution in [-0.2, 0) is 4.74 Å². The van der Waals surface area contributed by atoms with Crippen LogP contribution in [-0.4, -0.2) is 32.0 Å². The number of amides is 1. The number of para-hydroxylation sites is 1. The minimum absolute atomic E-state index is 0.212. The Morgan fingerprint density at radius 2 is 2.05 bits per heavy atom. The highest BCUT2D eigenvalue weighted by molar-refractivity contribution is 5.87. The Balaban J connectivity index is 1.93. The molecule has 0 saturated carbocycles. The Kier molecular flexibility index (Phi) is 4.33. The molecule has 1 heterocycles. The Morgan fingerprint density at radius 1 is 1.37 bits per heavy atom. The van der Waals surface area contributed by atoms with E-state index in [-0.39, 0.29) is 5.82 Å². The molecular formula is C13H16FN3O2. The summed E-state index contributed by atoms with van der Waals surface area (Å²) < 4.78 is 18.1. The van der Waals surface area contributed by atoms with E-state index in [0.717, 1.165) is 5.71 Å². The Morgan fingerprint density at radius 3 is 2.68 bits per heavy atom. The molecule has 1 aliphatic heterocycles. The molecule has 1 saturated heterocycles. The zero-order valence-electron chi connectivity index (χ0n) is 10.7. The maximum Gasteiger partial charge on any atom is 0.427 e. The van der Waals surface area contributed by atoms with Crippen LogP contribution >= 0.6 is 0 Å². The van der Waals surface area contributed by atoms with Gasteiger partial charge in [0.1, 0.15) is 5.82 Å². The molecule has 0 aromatic heterocycles. The fourth-order valence-corrected chi connectivity index (χ4v) is 2.00. The molecule has 1 amide bonds. The van der Waals surface area contributed by atoms with Gasteiger partial charge in [0.2, 0.25) is 0 Å². The minimum Gasteiger partial charge on any atom is -0.452 e. The fraction of sp³-hybridized carbons (Fsp3) is 0.385. The van der Waals surface area contributed by atoms with E-state index in [1.807, 2.05) is 11.0 Å². The van der Waals surface area contributed by atoms with Crippen molar-refractivity contribution in [3.8, 4) is 0 Å². The van der Waals surface area contributed by atoms with Gasteiger partial charge in [0.05, 0.1) is 12.8 Å². The number of hydrogen-bond donors (Lipinski definition) is 1. The van der Waals surface area contributed by atoms with Gasteiger partial charge in [0, 0.05) is 31.6 Å². The summed E-state index contributed by atoms with van der Waals surface area (Å²) in [5.74, 6) is -0.212. The second kappa shape index (κ2) is 6.17. The second-order valence-electron chi connectivity index (χ2n) is 4.22. The molecular weight excluding hydrogens is 249 g/mol. The van der Waals surface area contributed by atoms with Crippen LogP contribution in [0.15, 0.2) is 29.4 Å². The zero-order chi connectivity index (χ0) is 13.7. The lowest BCUT2D eigenvalue weighted by Crippen LogP contribution is -2.35. The second-order valence-corrected chi connectivity index (χ2v) is 4.22. The summed E-state index contributed by atoms with van der Waals surface area (Å²) in [6.45, 7) is 1.37. The summed E-state index contributed by atoms with van der Waals surface area (Å²) in [7, 11) is 1.29. The third-order valence-electron chi connectivity index (χ3n) is 3.02. The number of anilines is 1. The Labute approximate surface area is 111 Å². The first-order chi connectivity index (χ1) is 9.20. The van der Waals surface area contributed by atoms with Gasteiger partial charge in [-0.3, -0.25) is 0 Å². The van der Waals surface area contributed by atoms with E-state index in [2.05, 4.69) is 15.3 Å². The quantitative estimate of drug-likeness (QED) is 0.833. The van der Waals surface area contributed by atoms with Crippen molar-refractivity contribution in [1.29, 1.82) is 0 Å². The molecule has 2 rings (SSSR count). The summed E-state index contributed by atoms with van der Waals surface area (Å²) in [6, 6.07) is 6.72. The van der Waals surface area contributed by atoms with Crippen LogP contribution in [0.3, 0.4) is 0 Å². The van der Waals surface area contributed by atoms with Crippen molar-refractivity contribution < 1.29 is 13.9 Å². The molecule has 0 bridgehead atoms. The standard InChI is InChI=1S/C13H16FN3O2/c1-19-13(18)16-15-10-6-8-17(9-7-10)12-5-3-2-4-11(12)14/h2-5H,6-9H2,1H3,(H,16,18). The van der Waals surface area contributed by atoms with E-state index in [9.17, 15) is 9.18 Å². The predicted molar refractivity (Wildman–Crippen MR) is 70.8 cm³/mol. The highest BCUT2D eigenvalue weighted by Gasteiger charge is 2.17. The van der Waals surface area contributed by atoms with Crippen molar-refractivity contribution in [3.05, 3.63) is 30.1 Å². The Hall–Kier alpha value is -2.11. The maximum atomic E-state index is 13.6. The monoisotopic (exact) mass is 265 g/mol. The molecule has 0 unspecified atom stereocenters. The van der Waals surface area contributed by atoms with Crippen molar-refractivity contribution in [2.24, 2.45) is 5.10 Å². The molecule has 1 fully saturated rings. The van der Waals surface area contributed by atoms with Crippen LogP contribution in [0, 0.1) is 5.82 Å². The number of piperidine rings is 1. The smallest absolute Gasteiger partial charge is 0.427 e. The Bertz CT molecular complexity index is 481. The van der Waals surface area contributed by atoms with E-state index in [4.69, 9.17) is 0 Å². The number of nitrogens with one attached hydrogen (secondary N) is 1. The van der Waals surface area contributed by atoms with Gasteiger partial charge in [0.25, 0.3) is 0 Å². The number of benzene rings is 1. The number of rotatable bonds is 2. The van der Waals surface area contributed by atoms with Crippen molar-refractivity contribution in [3.63, 3.8) is 0 Å². The highest BCUT2D eigenvalue weighted by Crippen LogP contribution is 2.21. The van der Waals surface area contributed by atoms with Crippen LogP contribution in [0.1, 0.15) is 12.8 Å². The lowest BCUT2D eigenvalue weighted by atomic mass is 10.1. The molecule has 102 valence electrons. The normalized spacial score (nSPS) is 15.1. The first kappa shape index (κ1) is 13.3. The fourth-order valence-electron chi connectivity index (χ4n) is 2.00. The van der Waals surface area contributed by atoms with E-state index in [1.165, 1.54) is 13.2 Å². The van der Waals surface area contributed by atoms with Gasteiger partial charge in [0.15, 0.2) is 0 Å². The summed E-state index contributed by atoms with van der Waals surface area (Å²) >= 11 is 0. The lowest BCUT2D eigenvalue weighted by molar-refractivity contribution is 0.171. The SMILES string of the molecule is COC(=O)NN=C1CCN(c2ccccc2F)CC1. The zero-order valence-corrected chi connectivity index (χ0v) is 10.7. The summed E-state index contributed by atoms with van der Waals surface area (Å²) in [5, 5.41) is 3.98. The van der Waals surface area contributed by atoms with Crippen LogP contribution < -0.4 is 10.3 Å². The molecule has 0 radical (unpaired) electrons. The largest absolute Gasteiger partial charge is 0.452 e. The molecule has 0 atom stereocenters. The van der Waals surface area contributed by atoms with E-state index >= 15 is 0 Å². The topological polar surface area (TPSA) is 53.9 Å². The summed E-state index contributed by atoms with van der Waals surface area (Å²) in [5.41, 5.74) is 3.80. The molecule has 6 heteroatoms. The molecule has 1 aliphatic rings. The number of nitrogens with zero attached hydrogens (tertiary/aromatic N) is 2. The first-order valence-corrected chi connectivity index (χ1v) is 6.09. The number of ether oxygens (including phenoxy) is 1. The number of carbonyl (C=O) groups is 1. The van der Waals surface area contributed by atoms with Crippen molar-refractivity contribution in [1.82, 2.24) is 5.43 Å². The number of hydrogen-bond acceptors (Lipinski definition) is 4. The average molecular weight is 265 g/mol. The molecule has 1 N–H and O–H groups in total. The minimum atomic E-state index is -0.580. The van der Waals surface area contributed by atoms with Crippen molar-refractivity contribution >= 4 is 17.5 Å². The molecule has 0 spiro atoms. The van der Waals surface area contributed by atoms with E-state index in [0.29, 0.717) is 31.6 Å².